The van der Waals surface area contributed by atoms with E-state index < -0.39 is 6.04 Å². The van der Waals surface area contributed by atoms with Gasteiger partial charge in [-0.2, -0.15) is 4.80 Å². The van der Waals surface area contributed by atoms with Gasteiger partial charge in [0.15, 0.2) is 12.4 Å². The molecule has 0 saturated carbocycles. The molecule has 10 nitrogen and oxygen atoms in total. The zero-order chi connectivity index (χ0) is 18.2. The Morgan fingerprint density at radius 3 is 2.54 bits per heavy atom. The van der Waals surface area contributed by atoms with E-state index in [1.807, 2.05) is 21.1 Å². The maximum atomic E-state index is 12.4. The van der Waals surface area contributed by atoms with Crippen molar-refractivity contribution in [1.29, 1.82) is 0 Å². The van der Waals surface area contributed by atoms with E-state index in [0.29, 0.717) is 29.8 Å². The Morgan fingerprint density at radius 2 is 2.00 bits per heavy atom. The molecule has 0 bridgehead atoms. The largest absolute Gasteiger partial charge is 0.347 e. The van der Waals surface area contributed by atoms with E-state index in [1.165, 1.54) is 4.80 Å². The van der Waals surface area contributed by atoms with Crippen LogP contribution >= 0.6 is 0 Å². The van der Waals surface area contributed by atoms with Crippen molar-refractivity contribution >= 4 is 11.8 Å². The Hall–Kier alpha value is -2.07. The smallest absolute Gasteiger partial charge is 0.275 e. The second-order valence-electron chi connectivity index (χ2n) is 6.77. The number of aromatic nitrogens is 4. The monoisotopic (exact) mass is 341 g/mol. The molecule has 136 valence electrons. The number of nitrogens with zero attached hydrogens (tertiary/aromatic N) is 5. The molecule has 24 heavy (non-hydrogen) atoms. The van der Waals surface area contributed by atoms with Crippen LogP contribution in [0, 0.1) is 0 Å². The molecule has 4 N–H and O–H groups in total. The van der Waals surface area contributed by atoms with Crippen LogP contribution < -0.4 is 16.4 Å². The number of tetrazole rings is 1. The molecule has 0 saturated heterocycles. The van der Waals surface area contributed by atoms with Gasteiger partial charge in [0.2, 0.25) is 5.91 Å². The molecule has 0 unspecified atom stereocenters. The second kappa shape index (κ2) is 9.28. The summed E-state index contributed by atoms with van der Waals surface area (Å²) in [4.78, 5) is 25.8. The average Bonchev–Trinajstić information content (AvgIpc) is 2.87. The van der Waals surface area contributed by atoms with E-state index in [9.17, 15) is 9.59 Å². The van der Waals surface area contributed by atoms with E-state index in [4.69, 9.17) is 5.73 Å². The van der Waals surface area contributed by atoms with Gasteiger partial charge in [-0.3, -0.25) is 9.59 Å². The Kier molecular flexibility index (Phi) is 7.72. The van der Waals surface area contributed by atoms with Crippen LogP contribution in [0.4, 0.5) is 0 Å². The van der Waals surface area contributed by atoms with Crippen LogP contribution in [0.1, 0.15) is 25.1 Å². The Balaban J connectivity index is 2.58. The summed E-state index contributed by atoms with van der Waals surface area (Å²) in [6, 6.07) is -0.590. The first kappa shape index (κ1) is 20.0. The van der Waals surface area contributed by atoms with Crippen molar-refractivity contribution in [1.82, 2.24) is 30.8 Å². The summed E-state index contributed by atoms with van der Waals surface area (Å²) in [7, 11) is 7.41. The minimum atomic E-state index is -0.590. The fourth-order valence-corrected chi connectivity index (χ4v) is 2.12. The van der Waals surface area contributed by atoms with Gasteiger partial charge in [-0.1, -0.05) is 0 Å². The molecule has 1 atom stereocenters. The second-order valence-corrected chi connectivity index (χ2v) is 6.77. The van der Waals surface area contributed by atoms with Crippen molar-refractivity contribution in [3.8, 4) is 0 Å². The van der Waals surface area contributed by atoms with Gasteiger partial charge in [0.1, 0.15) is 6.04 Å². The predicted molar refractivity (Wildman–Crippen MR) is 88.4 cm³/mol. The lowest BCUT2D eigenvalue weighted by Crippen LogP contribution is -2.51. The molecule has 10 heteroatoms. The molecule has 0 fully saturated rings. The molecular weight excluding hydrogens is 312 g/mol. The fourth-order valence-electron chi connectivity index (χ4n) is 2.12. The van der Waals surface area contributed by atoms with Gasteiger partial charge >= 0.3 is 0 Å². The summed E-state index contributed by atoms with van der Waals surface area (Å²) in [6.45, 7) is 1.03. The van der Waals surface area contributed by atoms with Crippen LogP contribution in [0.3, 0.4) is 0 Å². The van der Waals surface area contributed by atoms with E-state index >= 15 is 0 Å². The molecular formula is C14H29N8O2+. The number of hydrogen-bond acceptors (Lipinski definition) is 6. The number of carbonyl (C=O) groups is 2. The highest BCUT2D eigenvalue weighted by Gasteiger charge is 2.23. The molecule has 0 aromatic carbocycles. The van der Waals surface area contributed by atoms with Crippen LogP contribution in [0.15, 0.2) is 0 Å². The standard InChI is InChI=1S/C14H28N8O2/c1-21-19-12(18-20-21)9-16-14(24)11(7-5-6-8-15)17-13(23)10-22(2,3)4/h11H,5-10,15H2,1-4H3,(H-,16,17,23,24)/p+1/t11-/m0/s1. The van der Waals surface area contributed by atoms with Gasteiger partial charge in [-0.15, -0.1) is 10.2 Å². The van der Waals surface area contributed by atoms with Crippen LogP contribution in [-0.4, -0.2) is 76.8 Å². The highest BCUT2D eigenvalue weighted by atomic mass is 16.2. The topological polar surface area (TPSA) is 128 Å². The summed E-state index contributed by atoms with van der Waals surface area (Å²) in [5.41, 5.74) is 5.50. The number of aryl methyl sites for hydroxylation is 1. The summed E-state index contributed by atoms with van der Waals surface area (Å²) in [5.74, 6) is 0.00602. The summed E-state index contributed by atoms with van der Waals surface area (Å²) in [5, 5.41) is 17.1. The third-order valence-electron chi connectivity index (χ3n) is 3.19. The zero-order valence-electron chi connectivity index (χ0n) is 14.9. The van der Waals surface area contributed by atoms with Crippen molar-refractivity contribution < 1.29 is 14.1 Å². The Bertz CT molecular complexity index is 537. The van der Waals surface area contributed by atoms with Gasteiger partial charge in [-0.05, 0) is 31.0 Å². The van der Waals surface area contributed by atoms with Gasteiger partial charge in [0.25, 0.3) is 5.91 Å². The molecule has 1 aromatic rings. The molecule has 1 rings (SSSR count). The van der Waals surface area contributed by atoms with Crippen molar-refractivity contribution in [3.05, 3.63) is 5.82 Å². The molecule has 0 aliphatic heterocycles. The lowest BCUT2D eigenvalue weighted by atomic mass is 10.1. The van der Waals surface area contributed by atoms with E-state index in [0.717, 1.165) is 12.8 Å². The maximum Gasteiger partial charge on any atom is 0.275 e. The number of likely N-dealkylation sites (N-methyl/N-ethyl adjacent to an activating group) is 1. The third kappa shape index (κ3) is 7.97. The molecule has 0 aliphatic carbocycles. The minimum Gasteiger partial charge on any atom is -0.347 e. The minimum absolute atomic E-state index is 0.159. The normalized spacial score (nSPS) is 12.7. The van der Waals surface area contributed by atoms with Crippen LogP contribution in [0.25, 0.3) is 0 Å². The lowest BCUT2D eigenvalue weighted by molar-refractivity contribution is -0.862. The van der Waals surface area contributed by atoms with Gasteiger partial charge in [0, 0.05) is 0 Å². The number of quaternary nitrogens is 1. The van der Waals surface area contributed by atoms with E-state index in [1.54, 1.807) is 7.05 Å². The molecule has 0 spiro atoms. The predicted octanol–water partition coefficient (Wildman–Crippen LogP) is -1.85. The van der Waals surface area contributed by atoms with Gasteiger partial charge in [0.05, 0.1) is 34.7 Å². The van der Waals surface area contributed by atoms with Crippen molar-refractivity contribution in [2.24, 2.45) is 12.8 Å². The summed E-state index contributed by atoms with van der Waals surface area (Å²) in [6.07, 6.45) is 2.11. The maximum absolute atomic E-state index is 12.4. The van der Waals surface area contributed by atoms with Crippen LogP contribution in [-0.2, 0) is 23.2 Å². The van der Waals surface area contributed by atoms with Crippen molar-refractivity contribution in [3.63, 3.8) is 0 Å². The lowest BCUT2D eigenvalue weighted by Gasteiger charge is -2.25. The molecule has 0 aliphatic rings. The Labute approximate surface area is 142 Å². The first-order valence-electron chi connectivity index (χ1n) is 8.02. The van der Waals surface area contributed by atoms with Crippen LogP contribution in [0.2, 0.25) is 0 Å². The Morgan fingerprint density at radius 1 is 1.29 bits per heavy atom. The SMILES string of the molecule is Cn1nnc(CNC(=O)[C@H](CCCCN)NC(=O)C[N+](C)(C)C)n1. The number of hydrogen-bond donors (Lipinski definition) is 3. The number of carbonyl (C=O) groups excluding carboxylic acids is 2. The number of amides is 2. The molecule has 0 radical (unpaired) electrons. The first-order chi connectivity index (χ1) is 11.2. The molecule has 2 amide bonds. The number of unbranched alkanes of at least 4 members (excludes halogenated alkanes) is 1. The summed E-state index contributed by atoms with van der Waals surface area (Å²) >= 11 is 0. The number of rotatable bonds is 10. The highest BCUT2D eigenvalue weighted by Crippen LogP contribution is 2.02. The number of nitrogens with one attached hydrogen (secondary N) is 2. The molecule has 1 aromatic heterocycles. The first-order valence-corrected chi connectivity index (χ1v) is 8.02. The van der Waals surface area contributed by atoms with Crippen LogP contribution in [0.5, 0.6) is 0 Å². The van der Waals surface area contributed by atoms with Crippen molar-refractivity contribution in [2.45, 2.75) is 31.8 Å². The van der Waals surface area contributed by atoms with Gasteiger partial charge < -0.3 is 20.9 Å². The zero-order valence-corrected chi connectivity index (χ0v) is 14.9. The van der Waals surface area contributed by atoms with Gasteiger partial charge in [-0.25, -0.2) is 0 Å². The van der Waals surface area contributed by atoms with E-state index in [2.05, 4.69) is 26.0 Å². The molecule has 1 heterocycles. The third-order valence-corrected chi connectivity index (χ3v) is 3.19. The average molecular weight is 341 g/mol. The summed E-state index contributed by atoms with van der Waals surface area (Å²) < 4.78 is 0.493. The van der Waals surface area contributed by atoms with E-state index in [-0.39, 0.29) is 18.4 Å². The van der Waals surface area contributed by atoms with Crippen molar-refractivity contribution in [2.75, 3.05) is 34.2 Å². The highest BCUT2D eigenvalue weighted by molar-refractivity contribution is 5.87. The quantitative estimate of drug-likeness (QED) is 0.338. The number of nitrogens with two attached hydrogens (primary N) is 1. The fraction of sp³-hybridized carbons (Fsp3) is 0.786.